The largest absolute Gasteiger partial charge is 0.301 e. The van der Waals surface area contributed by atoms with Gasteiger partial charge >= 0.3 is 0 Å². The van der Waals surface area contributed by atoms with Gasteiger partial charge in [0.25, 0.3) is 5.91 Å². The lowest BCUT2D eigenvalue weighted by Crippen LogP contribution is -2.47. The van der Waals surface area contributed by atoms with E-state index in [0.29, 0.717) is 13.0 Å². The Morgan fingerprint density at radius 3 is 2.82 bits per heavy atom. The Morgan fingerprint density at radius 2 is 2.12 bits per heavy atom. The quantitative estimate of drug-likeness (QED) is 0.854. The Bertz CT molecular complexity index is 428. The number of hydrogen-bond acceptors (Lipinski definition) is 3. The van der Waals surface area contributed by atoms with Gasteiger partial charge in [0.2, 0.25) is 0 Å². The van der Waals surface area contributed by atoms with Crippen molar-refractivity contribution < 1.29 is 4.79 Å². The second-order valence-electron chi connectivity index (χ2n) is 4.32. The number of carbonyl (C=O) groups is 1. The number of nitrogens with zero attached hydrogens (tertiary/aromatic N) is 2. The van der Waals surface area contributed by atoms with Gasteiger partial charge in [-0.1, -0.05) is 30.3 Å². The fourth-order valence-electron chi connectivity index (χ4n) is 1.95. The monoisotopic (exact) mass is 231 g/mol. The number of rotatable bonds is 3. The van der Waals surface area contributed by atoms with Crippen LogP contribution in [0.4, 0.5) is 0 Å². The van der Waals surface area contributed by atoms with Crippen molar-refractivity contribution in [3.63, 3.8) is 0 Å². The molecular weight excluding hydrogens is 214 g/mol. The summed E-state index contributed by atoms with van der Waals surface area (Å²) in [6, 6.07) is 9.92. The van der Waals surface area contributed by atoms with E-state index in [-0.39, 0.29) is 11.9 Å². The van der Waals surface area contributed by atoms with Crippen LogP contribution in [-0.2, 0) is 11.3 Å². The van der Waals surface area contributed by atoms with E-state index in [1.54, 1.807) is 7.05 Å². The lowest BCUT2D eigenvalue weighted by Gasteiger charge is -2.26. The summed E-state index contributed by atoms with van der Waals surface area (Å²) in [5, 5.41) is 8.82. The highest BCUT2D eigenvalue weighted by Gasteiger charge is 2.26. The molecule has 0 aromatic heterocycles. The van der Waals surface area contributed by atoms with Gasteiger partial charge in [-0.3, -0.25) is 4.79 Å². The van der Waals surface area contributed by atoms with Crippen LogP contribution in [0.5, 0.6) is 0 Å². The second-order valence-corrected chi connectivity index (χ2v) is 4.32. The minimum absolute atomic E-state index is 0.0338. The molecule has 90 valence electrons. The predicted molar refractivity (Wildman–Crippen MR) is 67.6 cm³/mol. The summed E-state index contributed by atoms with van der Waals surface area (Å²) in [6.07, 6.45) is 0.690. The van der Waals surface area contributed by atoms with Crippen molar-refractivity contribution in [1.82, 2.24) is 10.3 Å². The van der Waals surface area contributed by atoms with Crippen molar-refractivity contribution in [2.24, 2.45) is 5.10 Å². The van der Waals surface area contributed by atoms with Crippen LogP contribution in [0.15, 0.2) is 35.4 Å². The Balaban J connectivity index is 1.96. The zero-order chi connectivity index (χ0) is 12.3. The maximum absolute atomic E-state index is 11.8. The molecule has 2 rings (SSSR count). The summed E-state index contributed by atoms with van der Waals surface area (Å²) >= 11 is 0. The molecule has 1 heterocycles. The smallest absolute Gasteiger partial charge is 0.259 e. The Labute approximate surface area is 101 Å². The Morgan fingerprint density at radius 1 is 1.41 bits per heavy atom. The topological polar surface area (TPSA) is 44.7 Å². The molecule has 1 atom stereocenters. The van der Waals surface area contributed by atoms with Crippen LogP contribution in [0.2, 0.25) is 0 Å². The summed E-state index contributed by atoms with van der Waals surface area (Å²) in [4.78, 5) is 11.8. The fraction of sp³-hybridized carbons (Fsp3) is 0.385. The number of benzene rings is 1. The van der Waals surface area contributed by atoms with Gasteiger partial charge in [0, 0.05) is 25.7 Å². The van der Waals surface area contributed by atoms with Gasteiger partial charge in [-0.25, -0.2) is 5.01 Å². The van der Waals surface area contributed by atoms with Gasteiger partial charge in [-0.2, -0.15) is 5.10 Å². The molecule has 4 heteroatoms. The number of hydrogen-bond donors (Lipinski definition) is 1. The fourth-order valence-corrected chi connectivity index (χ4v) is 1.95. The summed E-state index contributed by atoms with van der Waals surface area (Å²) < 4.78 is 0. The molecule has 0 spiro atoms. The summed E-state index contributed by atoms with van der Waals surface area (Å²) in [6.45, 7) is 2.65. The molecule has 1 aromatic carbocycles. The third kappa shape index (κ3) is 2.91. The zero-order valence-corrected chi connectivity index (χ0v) is 10.2. The lowest BCUT2D eigenvalue weighted by molar-refractivity contribution is -0.132. The molecule has 4 nitrogen and oxygen atoms in total. The first-order valence-electron chi connectivity index (χ1n) is 5.76. The molecule has 0 aliphatic carbocycles. The van der Waals surface area contributed by atoms with E-state index >= 15 is 0 Å². The first-order valence-corrected chi connectivity index (χ1v) is 5.76. The van der Waals surface area contributed by atoms with E-state index < -0.39 is 0 Å². The Kier molecular flexibility index (Phi) is 3.54. The summed E-state index contributed by atoms with van der Waals surface area (Å²) in [5.41, 5.74) is 2.17. The van der Waals surface area contributed by atoms with E-state index in [0.717, 1.165) is 5.71 Å². The second kappa shape index (κ2) is 5.10. The first-order chi connectivity index (χ1) is 8.16. The van der Waals surface area contributed by atoms with Crippen molar-refractivity contribution in [3.8, 4) is 0 Å². The number of likely N-dealkylation sites (N-methyl/N-ethyl adjacent to an activating group) is 1. The molecular formula is C13H17N3O. The van der Waals surface area contributed by atoms with Crippen LogP contribution in [0.3, 0.4) is 0 Å². The molecule has 17 heavy (non-hydrogen) atoms. The van der Waals surface area contributed by atoms with Crippen LogP contribution in [0, 0.1) is 0 Å². The van der Waals surface area contributed by atoms with Gasteiger partial charge < -0.3 is 5.32 Å². The summed E-state index contributed by atoms with van der Waals surface area (Å²) in [7, 11) is 1.70. The van der Waals surface area contributed by atoms with Crippen molar-refractivity contribution in [2.75, 3.05) is 7.05 Å². The minimum atomic E-state index is -0.155. The number of amides is 1. The molecule has 1 aliphatic heterocycles. The lowest BCUT2D eigenvalue weighted by atomic mass is 10.1. The van der Waals surface area contributed by atoms with Crippen molar-refractivity contribution in [3.05, 3.63) is 35.9 Å². The predicted octanol–water partition coefficient (Wildman–Crippen LogP) is 1.38. The SMILES string of the molecule is CC1=NN(C)C(=O)C(NCc2ccccc2)C1. The molecule has 1 N–H and O–H groups in total. The molecule has 0 saturated carbocycles. The standard InChI is InChI=1S/C13H17N3O/c1-10-8-12(13(17)16(2)15-10)14-9-11-6-4-3-5-7-11/h3-7,12,14H,8-9H2,1-2H3. The molecule has 1 aromatic rings. The number of carbonyl (C=O) groups excluding carboxylic acids is 1. The van der Waals surface area contributed by atoms with Gasteiger partial charge in [-0.05, 0) is 12.5 Å². The maximum Gasteiger partial charge on any atom is 0.259 e. The van der Waals surface area contributed by atoms with Gasteiger partial charge in [-0.15, -0.1) is 0 Å². The molecule has 0 bridgehead atoms. The molecule has 1 unspecified atom stereocenters. The molecule has 0 radical (unpaired) electrons. The van der Waals surface area contributed by atoms with Crippen LogP contribution in [0.1, 0.15) is 18.9 Å². The maximum atomic E-state index is 11.8. The number of hydrazone groups is 1. The minimum Gasteiger partial charge on any atom is -0.301 e. The van der Waals surface area contributed by atoms with Crippen LogP contribution < -0.4 is 5.32 Å². The number of nitrogens with one attached hydrogen (secondary N) is 1. The van der Waals surface area contributed by atoms with Crippen molar-refractivity contribution >= 4 is 11.6 Å². The van der Waals surface area contributed by atoms with E-state index in [9.17, 15) is 4.79 Å². The third-order valence-electron chi connectivity index (χ3n) is 2.83. The average molecular weight is 231 g/mol. The van der Waals surface area contributed by atoms with E-state index in [4.69, 9.17) is 0 Å². The van der Waals surface area contributed by atoms with Gasteiger partial charge in [0.1, 0.15) is 0 Å². The first kappa shape index (κ1) is 11.8. The third-order valence-corrected chi connectivity index (χ3v) is 2.83. The molecule has 1 amide bonds. The van der Waals surface area contributed by atoms with E-state index in [2.05, 4.69) is 10.4 Å². The highest BCUT2D eigenvalue weighted by atomic mass is 16.2. The average Bonchev–Trinajstić information content (AvgIpc) is 2.33. The molecule has 1 aliphatic rings. The normalized spacial score (nSPS) is 20.4. The Hall–Kier alpha value is -1.68. The van der Waals surface area contributed by atoms with E-state index in [1.807, 2.05) is 37.3 Å². The highest BCUT2D eigenvalue weighted by Crippen LogP contribution is 2.09. The van der Waals surface area contributed by atoms with E-state index in [1.165, 1.54) is 10.6 Å². The summed E-state index contributed by atoms with van der Waals surface area (Å²) in [5.74, 6) is 0.0338. The zero-order valence-electron chi connectivity index (χ0n) is 10.2. The van der Waals surface area contributed by atoms with Gasteiger partial charge in [0.05, 0.1) is 6.04 Å². The molecule has 0 fully saturated rings. The van der Waals surface area contributed by atoms with Crippen molar-refractivity contribution in [2.45, 2.75) is 25.9 Å². The van der Waals surface area contributed by atoms with Crippen LogP contribution in [0.25, 0.3) is 0 Å². The molecule has 0 saturated heterocycles. The van der Waals surface area contributed by atoms with Crippen LogP contribution in [-0.4, -0.2) is 29.7 Å². The highest BCUT2D eigenvalue weighted by molar-refractivity contribution is 5.94. The van der Waals surface area contributed by atoms with Crippen molar-refractivity contribution in [1.29, 1.82) is 0 Å². The van der Waals surface area contributed by atoms with Crippen LogP contribution >= 0.6 is 0 Å². The van der Waals surface area contributed by atoms with Gasteiger partial charge in [0.15, 0.2) is 0 Å².